The monoisotopic (exact) mass is 405 g/mol. The van der Waals surface area contributed by atoms with Crippen LogP contribution in [0.4, 0.5) is 8.78 Å². The van der Waals surface area contributed by atoms with Crippen molar-refractivity contribution in [3.8, 4) is 28.1 Å². The highest BCUT2D eigenvalue weighted by Gasteiger charge is 2.11. The first kappa shape index (κ1) is 20.0. The van der Waals surface area contributed by atoms with Gasteiger partial charge in [-0.25, -0.2) is 13.8 Å². The van der Waals surface area contributed by atoms with Gasteiger partial charge >= 0.3 is 0 Å². The third-order valence-corrected chi connectivity index (χ3v) is 4.96. The van der Waals surface area contributed by atoms with Crippen LogP contribution in [0.1, 0.15) is 5.56 Å². The second-order valence-electron chi connectivity index (χ2n) is 7.05. The summed E-state index contributed by atoms with van der Waals surface area (Å²) in [5, 5.41) is 0.753. The van der Waals surface area contributed by atoms with Gasteiger partial charge in [0.15, 0.2) is 0 Å². The molecule has 1 aromatic heterocycles. The molecule has 0 saturated heterocycles. The molecular weight excluding hydrogens is 384 g/mol. The Morgan fingerprint density at radius 1 is 0.833 bits per heavy atom. The minimum Gasteiger partial charge on any atom is -0.491 e. The van der Waals surface area contributed by atoms with Crippen molar-refractivity contribution in [1.29, 1.82) is 0 Å². The summed E-state index contributed by atoms with van der Waals surface area (Å²) >= 11 is 0. The lowest BCUT2D eigenvalue weighted by Crippen LogP contribution is -2.03. The number of benzene rings is 3. The highest BCUT2D eigenvalue weighted by atomic mass is 19.1. The van der Waals surface area contributed by atoms with Gasteiger partial charge in [0.2, 0.25) is 0 Å². The van der Waals surface area contributed by atoms with Crippen LogP contribution in [0.15, 0.2) is 66.7 Å². The number of aromatic nitrogens is 1. The van der Waals surface area contributed by atoms with E-state index < -0.39 is 0 Å². The lowest BCUT2D eigenvalue weighted by molar-refractivity contribution is 0.146. The molecule has 1 heterocycles. The van der Waals surface area contributed by atoms with E-state index in [0.29, 0.717) is 41.3 Å². The number of hydrogen-bond acceptors (Lipinski definition) is 3. The number of pyridine rings is 1. The predicted octanol–water partition coefficient (Wildman–Crippen LogP) is 6.18. The number of hydrogen-bond donors (Lipinski definition) is 0. The van der Waals surface area contributed by atoms with E-state index in [1.807, 2.05) is 43.3 Å². The molecule has 0 saturated carbocycles. The molecule has 0 N–H and O–H groups in total. The van der Waals surface area contributed by atoms with Crippen molar-refractivity contribution in [2.75, 3.05) is 20.3 Å². The van der Waals surface area contributed by atoms with E-state index in [0.717, 1.165) is 16.5 Å². The summed E-state index contributed by atoms with van der Waals surface area (Å²) in [6, 6.07) is 18.7. The lowest BCUT2D eigenvalue weighted by atomic mass is 10.00. The average Bonchev–Trinajstić information content (AvgIpc) is 2.75. The molecule has 30 heavy (non-hydrogen) atoms. The SMILES string of the molecule is COCCOc1ccc(-c2ccc(-c3cc(C)c4cc(F)ccc4n3)cc2F)cc1. The fourth-order valence-electron chi connectivity index (χ4n) is 3.40. The van der Waals surface area contributed by atoms with Gasteiger partial charge in [-0.15, -0.1) is 0 Å². The first-order valence-electron chi connectivity index (χ1n) is 9.64. The highest BCUT2D eigenvalue weighted by Crippen LogP contribution is 2.30. The maximum Gasteiger partial charge on any atom is 0.131 e. The molecule has 152 valence electrons. The Kier molecular flexibility index (Phi) is 5.72. The molecule has 3 aromatic carbocycles. The molecule has 0 aliphatic carbocycles. The molecule has 0 bridgehead atoms. The summed E-state index contributed by atoms with van der Waals surface area (Å²) < 4.78 is 38.9. The van der Waals surface area contributed by atoms with Gasteiger partial charge in [0.1, 0.15) is 24.0 Å². The molecule has 5 heteroatoms. The van der Waals surface area contributed by atoms with E-state index in [1.165, 1.54) is 18.2 Å². The Morgan fingerprint density at radius 2 is 1.60 bits per heavy atom. The molecule has 0 aliphatic rings. The molecule has 0 spiro atoms. The van der Waals surface area contributed by atoms with Gasteiger partial charge in [-0.2, -0.15) is 0 Å². The summed E-state index contributed by atoms with van der Waals surface area (Å²) in [6.07, 6.45) is 0. The molecule has 3 nitrogen and oxygen atoms in total. The van der Waals surface area contributed by atoms with Crippen LogP contribution in [0.3, 0.4) is 0 Å². The van der Waals surface area contributed by atoms with Crippen molar-refractivity contribution in [1.82, 2.24) is 4.98 Å². The third-order valence-electron chi connectivity index (χ3n) is 4.96. The van der Waals surface area contributed by atoms with Crippen LogP contribution in [0, 0.1) is 18.6 Å². The van der Waals surface area contributed by atoms with Crippen LogP contribution in [-0.4, -0.2) is 25.3 Å². The van der Waals surface area contributed by atoms with E-state index in [9.17, 15) is 8.78 Å². The zero-order valence-electron chi connectivity index (χ0n) is 16.8. The van der Waals surface area contributed by atoms with Crippen LogP contribution < -0.4 is 4.74 Å². The van der Waals surface area contributed by atoms with Gasteiger partial charge < -0.3 is 9.47 Å². The van der Waals surface area contributed by atoms with E-state index in [1.54, 1.807) is 19.2 Å². The summed E-state index contributed by atoms with van der Waals surface area (Å²) in [5.74, 6) is 0.0741. The molecule has 0 fully saturated rings. The first-order chi connectivity index (χ1) is 14.5. The van der Waals surface area contributed by atoms with Crippen molar-refractivity contribution < 1.29 is 18.3 Å². The molecule has 0 radical (unpaired) electrons. The normalized spacial score (nSPS) is 11.1. The number of nitrogens with zero attached hydrogens (tertiary/aromatic N) is 1. The number of halogens is 2. The molecule has 0 aliphatic heterocycles. The predicted molar refractivity (Wildman–Crippen MR) is 115 cm³/mol. The standard InChI is InChI=1S/C25H21F2NO2/c1-16-13-25(28-24-10-6-19(26)15-22(16)24)18-5-9-21(23(27)14-18)17-3-7-20(8-4-17)30-12-11-29-2/h3-10,13-15H,11-12H2,1-2H3. The molecule has 4 rings (SSSR count). The molecular formula is C25H21F2NO2. The molecule has 0 atom stereocenters. The highest BCUT2D eigenvalue weighted by molar-refractivity contribution is 5.85. The Hall–Kier alpha value is -3.31. The van der Waals surface area contributed by atoms with E-state index in [2.05, 4.69) is 4.98 Å². The van der Waals surface area contributed by atoms with Crippen molar-refractivity contribution in [2.24, 2.45) is 0 Å². The van der Waals surface area contributed by atoms with E-state index >= 15 is 0 Å². The third kappa shape index (κ3) is 4.16. The van der Waals surface area contributed by atoms with Gasteiger partial charge in [-0.3, -0.25) is 0 Å². The summed E-state index contributed by atoms with van der Waals surface area (Å²) in [7, 11) is 1.62. The first-order valence-corrected chi connectivity index (χ1v) is 9.64. The number of rotatable bonds is 6. The lowest BCUT2D eigenvalue weighted by Gasteiger charge is -2.10. The van der Waals surface area contributed by atoms with E-state index in [-0.39, 0.29) is 11.6 Å². The van der Waals surface area contributed by atoms with Crippen molar-refractivity contribution in [3.05, 3.63) is 83.9 Å². The summed E-state index contributed by atoms with van der Waals surface area (Å²) in [6.45, 7) is 2.87. The number of fused-ring (bicyclic) bond motifs is 1. The summed E-state index contributed by atoms with van der Waals surface area (Å²) in [5.41, 5.74) is 4.16. The fourth-order valence-corrected chi connectivity index (χ4v) is 3.40. The Morgan fingerprint density at radius 3 is 2.33 bits per heavy atom. The molecule has 4 aromatic rings. The minimum atomic E-state index is -0.334. The number of ether oxygens (including phenoxy) is 2. The zero-order valence-corrected chi connectivity index (χ0v) is 16.8. The van der Waals surface area contributed by atoms with Crippen LogP contribution in [0.5, 0.6) is 5.75 Å². The molecule has 0 amide bonds. The van der Waals surface area contributed by atoms with Gasteiger partial charge in [-0.05, 0) is 60.5 Å². The topological polar surface area (TPSA) is 31.4 Å². The van der Waals surface area contributed by atoms with E-state index in [4.69, 9.17) is 9.47 Å². The maximum absolute atomic E-state index is 14.9. The van der Waals surface area contributed by atoms with Gasteiger partial charge in [0, 0.05) is 23.6 Å². The van der Waals surface area contributed by atoms with Crippen LogP contribution in [-0.2, 0) is 4.74 Å². The minimum absolute atomic E-state index is 0.300. The Bertz CT molecular complexity index is 1190. The van der Waals surface area contributed by atoms with Crippen molar-refractivity contribution >= 4 is 10.9 Å². The number of aryl methyl sites for hydroxylation is 1. The van der Waals surface area contributed by atoms with Crippen LogP contribution >= 0.6 is 0 Å². The van der Waals surface area contributed by atoms with Crippen molar-refractivity contribution in [3.63, 3.8) is 0 Å². The second kappa shape index (κ2) is 8.59. The average molecular weight is 405 g/mol. The molecule has 0 unspecified atom stereocenters. The van der Waals surface area contributed by atoms with Gasteiger partial charge in [-0.1, -0.05) is 24.3 Å². The number of methoxy groups -OCH3 is 1. The Labute approximate surface area is 173 Å². The maximum atomic E-state index is 14.9. The zero-order chi connectivity index (χ0) is 21.1. The van der Waals surface area contributed by atoms with Gasteiger partial charge in [0.25, 0.3) is 0 Å². The van der Waals surface area contributed by atoms with Gasteiger partial charge in [0.05, 0.1) is 17.8 Å². The smallest absolute Gasteiger partial charge is 0.131 e. The van der Waals surface area contributed by atoms with Crippen molar-refractivity contribution in [2.45, 2.75) is 6.92 Å². The van der Waals surface area contributed by atoms with Crippen LogP contribution in [0.2, 0.25) is 0 Å². The Balaban J connectivity index is 1.62. The summed E-state index contributed by atoms with van der Waals surface area (Å²) in [4.78, 5) is 4.58. The largest absolute Gasteiger partial charge is 0.491 e. The van der Waals surface area contributed by atoms with Crippen LogP contribution in [0.25, 0.3) is 33.3 Å². The fraction of sp³-hybridized carbons (Fsp3) is 0.160. The second-order valence-corrected chi connectivity index (χ2v) is 7.05. The quantitative estimate of drug-likeness (QED) is 0.359.